The zero-order valence-electron chi connectivity index (χ0n) is 15.7. The van der Waals surface area contributed by atoms with Gasteiger partial charge in [-0.3, -0.25) is 14.9 Å². The lowest BCUT2D eigenvalue weighted by molar-refractivity contribution is -0.255. The zero-order chi connectivity index (χ0) is 22.1. The molecule has 9 heteroatoms. The molecule has 7 nitrogen and oxygen atoms in total. The topological polar surface area (TPSA) is 94.5 Å². The molecule has 0 aliphatic carbocycles. The van der Waals surface area contributed by atoms with Gasteiger partial charge in [0.1, 0.15) is 11.4 Å². The second kappa shape index (κ2) is 7.96. The largest absolute Gasteiger partial charge is 0.545 e. The van der Waals surface area contributed by atoms with Crippen LogP contribution in [0.1, 0.15) is 16.1 Å². The van der Waals surface area contributed by atoms with E-state index in [2.05, 4.69) is 5.32 Å². The molecule has 2 heterocycles. The van der Waals surface area contributed by atoms with Gasteiger partial charge in [0.15, 0.2) is 5.11 Å². The minimum atomic E-state index is -1.33. The number of anilines is 1. The molecule has 2 aromatic carbocycles. The van der Waals surface area contributed by atoms with E-state index < -0.39 is 23.6 Å². The van der Waals surface area contributed by atoms with Crippen molar-refractivity contribution in [1.82, 2.24) is 9.88 Å². The predicted molar refractivity (Wildman–Crippen MR) is 113 cm³/mol. The Morgan fingerprint density at radius 1 is 1.06 bits per heavy atom. The second-order valence-corrected chi connectivity index (χ2v) is 6.94. The zero-order valence-corrected chi connectivity index (χ0v) is 16.6. The van der Waals surface area contributed by atoms with Crippen molar-refractivity contribution < 1.29 is 23.9 Å². The van der Waals surface area contributed by atoms with Crippen molar-refractivity contribution in [3.8, 4) is 5.69 Å². The smallest absolute Gasteiger partial charge is 0.270 e. The van der Waals surface area contributed by atoms with Crippen LogP contribution >= 0.6 is 12.2 Å². The lowest BCUT2D eigenvalue weighted by atomic mass is 10.1. The number of carbonyl (C=O) groups is 3. The van der Waals surface area contributed by atoms with Crippen molar-refractivity contribution in [2.24, 2.45) is 0 Å². The maximum Gasteiger partial charge on any atom is 0.270 e. The van der Waals surface area contributed by atoms with Gasteiger partial charge in [0.2, 0.25) is 0 Å². The van der Waals surface area contributed by atoms with E-state index in [0.717, 1.165) is 4.90 Å². The minimum Gasteiger partial charge on any atom is -0.545 e. The molecule has 1 aliphatic rings. The van der Waals surface area contributed by atoms with Gasteiger partial charge in [-0.25, -0.2) is 9.29 Å². The first-order valence-electron chi connectivity index (χ1n) is 9.02. The molecule has 1 saturated heterocycles. The number of hydrogen-bond acceptors (Lipinski definition) is 5. The van der Waals surface area contributed by atoms with Gasteiger partial charge in [-0.1, -0.05) is 24.3 Å². The molecule has 0 radical (unpaired) electrons. The number of nitrogens with zero attached hydrogens (tertiary/aromatic N) is 2. The van der Waals surface area contributed by atoms with Gasteiger partial charge in [-0.15, -0.1) is 0 Å². The highest BCUT2D eigenvalue weighted by Crippen LogP contribution is 2.25. The molecule has 3 aromatic rings. The quantitative estimate of drug-likeness (QED) is 0.384. The van der Waals surface area contributed by atoms with Gasteiger partial charge in [0.25, 0.3) is 11.8 Å². The summed E-state index contributed by atoms with van der Waals surface area (Å²) in [6.45, 7) is 0. The van der Waals surface area contributed by atoms with E-state index in [-0.39, 0.29) is 21.9 Å². The van der Waals surface area contributed by atoms with Crippen LogP contribution in [0.15, 0.2) is 72.4 Å². The monoisotopic (exact) mass is 434 g/mol. The number of benzene rings is 2. The fourth-order valence-corrected chi connectivity index (χ4v) is 3.46. The van der Waals surface area contributed by atoms with Crippen LogP contribution in [-0.4, -0.2) is 27.5 Å². The molecule has 0 unspecified atom stereocenters. The summed E-state index contributed by atoms with van der Waals surface area (Å²) >= 11 is 5.08. The van der Waals surface area contributed by atoms with Gasteiger partial charge in [0.05, 0.1) is 11.7 Å². The van der Waals surface area contributed by atoms with E-state index in [1.54, 1.807) is 41.1 Å². The van der Waals surface area contributed by atoms with E-state index in [0.29, 0.717) is 11.4 Å². The summed E-state index contributed by atoms with van der Waals surface area (Å²) in [6.07, 6.45) is 2.98. The number of aromatic nitrogens is 1. The Hall–Kier alpha value is -4.11. The van der Waals surface area contributed by atoms with E-state index in [9.17, 15) is 23.9 Å². The number of nitrogens with one attached hydrogen (secondary N) is 1. The molecule has 2 amide bonds. The van der Waals surface area contributed by atoms with Crippen molar-refractivity contribution in [2.75, 3.05) is 4.90 Å². The van der Waals surface area contributed by atoms with Gasteiger partial charge >= 0.3 is 0 Å². The maximum atomic E-state index is 14.3. The van der Waals surface area contributed by atoms with Gasteiger partial charge in [-0.2, -0.15) is 0 Å². The third-order valence-corrected chi connectivity index (χ3v) is 4.91. The second-order valence-electron chi connectivity index (χ2n) is 6.55. The minimum absolute atomic E-state index is 0.0210. The van der Waals surface area contributed by atoms with Crippen molar-refractivity contribution in [3.63, 3.8) is 0 Å². The third kappa shape index (κ3) is 3.74. The van der Waals surface area contributed by atoms with Crippen LogP contribution in [-0.2, 0) is 9.59 Å². The fourth-order valence-electron chi connectivity index (χ4n) is 3.19. The molecule has 31 heavy (non-hydrogen) atoms. The number of carboxylic acid groups (broad SMARTS) is 1. The van der Waals surface area contributed by atoms with Crippen LogP contribution in [0.3, 0.4) is 0 Å². The standard InChI is InChI=1S/C22H14FN3O4S/c23-17-8-1-2-9-18(17)26-20(28)16(19(27)24-22(26)31)12-15-7-4-10-25(15)14-6-3-5-13(11-14)21(29)30/h1-12H,(H,29,30)(H,24,27,31)/p-1/b16-12+. The molecule has 0 bridgehead atoms. The Morgan fingerprint density at radius 2 is 1.84 bits per heavy atom. The number of hydrogen-bond donors (Lipinski definition) is 1. The maximum absolute atomic E-state index is 14.3. The SMILES string of the molecule is O=C1NC(=S)N(c2ccccc2F)C(=O)/C1=C/c1cccn1-c1cccc(C(=O)[O-])c1. The van der Waals surface area contributed by atoms with Crippen LogP contribution in [0.2, 0.25) is 0 Å². The van der Waals surface area contributed by atoms with E-state index in [1.165, 1.54) is 36.4 Å². The van der Waals surface area contributed by atoms with Gasteiger partial charge in [-0.05, 0) is 60.3 Å². The first kappa shape index (κ1) is 20.2. The molecule has 154 valence electrons. The van der Waals surface area contributed by atoms with Crippen LogP contribution < -0.4 is 15.3 Å². The van der Waals surface area contributed by atoms with Crippen molar-refractivity contribution >= 4 is 46.9 Å². The highest BCUT2D eigenvalue weighted by molar-refractivity contribution is 7.80. The molecule has 1 aromatic heterocycles. The molecule has 1 fully saturated rings. The number of halogens is 1. The molecule has 1 aliphatic heterocycles. The van der Waals surface area contributed by atoms with Crippen LogP contribution in [0.5, 0.6) is 0 Å². The molecule has 1 N–H and O–H groups in total. The Labute approximate surface area is 181 Å². The number of carboxylic acids is 1. The Kier molecular flexibility index (Phi) is 5.18. The van der Waals surface area contributed by atoms with Crippen LogP contribution in [0, 0.1) is 5.82 Å². The number of para-hydroxylation sites is 1. The molecular weight excluding hydrogens is 421 g/mol. The number of thiocarbonyl (C=S) groups is 1. The normalized spacial score (nSPS) is 15.3. The molecule has 0 spiro atoms. The number of rotatable bonds is 4. The Bertz CT molecular complexity index is 1280. The summed E-state index contributed by atoms with van der Waals surface area (Å²) in [5.74, 6) is -3.50. The highest BCUT2D eigenvalue weighted by Gasteiger charge is 2.35. The Balaban J connectivity index is 1.77. The fraction of sp³-hybridized carbons (Fsp3) is 0. The molecular formula is C22H13FN3O4S-. The molecule has 0 atom stereocenters. The average molecular weight is 434 g/mol. The Morgan fingerprint density at radius 3 is 2.58 bits per heavy atom. The van der Waals surface area contributed by atoms with E-state index >= 15 is 0 Å². The highest BCUT2D eigenvalue weighted by atomic mass is 32.1. The van der Waals surface area contributed by atoms with Gasteiger partial charge in [0, 0.05) is 17.6 Å². The van der Waals surface area contributed by atoms with Crippen molar-refractivity contribution in [1.29, 1.82) is 0 Å². The third-order valence-electron chi connectivity index (χ3n) is 4.63. The van der Waals surface area contributed by atoms with Crippen molar-refractivity contribution in [3.05, 3.63) is 89.5 Å². The number of carbonyl (C=O) groups excluding carboxylic acids is 3. The molecule has 0 saturated carbocycles. The lowest BCUT2D eigenvalue weighted by Gasteiger charge is -2.29. The number of amides is 2. The van der Waals surface area contributed by atoms with Crippen molar-refractivity contribution in [2.45, 2.75) is 0 Å². The predicted octanol–water partition coefficient (Wildman–Crippen LogP) is 1.81. The van der Waals surface area contributed by atoms with E-state index in [1.807, 2.05) is 0 Å². The van der Waals surface area contributed by atoms with E-state index in [4.69, 9.17) is 12.2 Å². The lowest BCUT2D eigenvalue weighted by Crippen LogP contribution is -2.54. The summed E-state index contributed by atoms with van der Waals surface area (Å²) < 4.78 is 15.9. The summed E-state index contributed by atoms with van der Waals surface area (Å²) in [5.41, 5.74) is 0.555. The first-order chi connectivity index (χ1) is 14.9. The number of aromatic carboxylic acids is 1. The summed E-state index contributed by atoms with van der Waals surface area (Å²) in [6, 6.07) is 14.9. The van der Waals surface area contributed by atoms with Crippen LogP contribution in [0.25, 0.3) is 11.8 Å². The van der Waals surface area contributed by atoms with Gasteiger partial charge < -0.3 is 14.5 Å². The summed E-state index contributed by atoms with van der Waals surface area (Å²) in [7, 11) is 0. The van der Waals surface area contributed by atoms with Crippen LogP contribution in [0.4, 0.5) is 10.1 Å². The summed E-state index contributed by atoms with van der Waals surface area (Å²) in [5, 5.41) is 13.3. The average Bonchev–Trinajstić information content (AvgIpc) is 3.21. The first-order valence-corrected chi connectivity index (χ1v) is 9.43. The molecule has 4 rings (SSSR count). The summed E-state index contributed by atoms with van der Waals surface area (Å²) in [4.78, 5) is 37.6.